The lowest BCUT2D eigenvalue weighted by Crippen LogP contribution is -2.32. The summed E-state index contributed by atoms with van der Waals surface area (Å²) in [5.74, 6) is -0.00527. The fourth-order valence-corrected chi connectivity index (χ4v) is 3.79. The maximum atomic E-state index is 12.5. The molecular formula is C13H19ClN2O3S. The van der Waals surface area contributed by atoms with Crippen LogP contribution in [-0.4, -0.2) is 37.6 Å². The van der Waals surface area contributed by atoms with Gasteiger partial charge in [0.2, 0.25) is 10.0 Å². The molecule has 1 aliphatic rings. The molecule has 1 aromatic carbocycles. The third-order valence-electron chi connectivity index (χ3n) is 3.52. The number of carbonyl (C=O) groups is 1. The minimum absolute atomic E-state index is 0. The summed E-state index contributed by atoms with van der Waals surface area (Å²) < 4.78 is 26.3. The third-order valence-corrected chi connectivity index (χ3v) is 5.34. The standard InChI is InChI=1S/C13H18N2O3S.ClH/c1-9-7-15(8-13(9)14)19(17,18)12-5-3-4-11(6-12)10(2)16;/h3-6,9,13H,7-8,14H2,1-2H3;1H. The van der Waals surface area contributed by atoms with E-state index >= 15 is 0 Å². The molecule has 2 unspecified atom stereocenters. The molecule has 1 heterocycles. The average molecular weight is 319 g/mol. The van der Waals surface area contributed by atoms with E-state index < -0.39 is 10.0 Å². The Labute approximate surface area is 125 Å². The zero-order chi connectivity index (χ0) is 14.2. The number of rotatable bonds is 3. The molecule has 0 amide bonds. The van der Waals surface area contributed by atoms with E-state index in [4.69, 9.17) is 5.73 Å². The van der Waals surface area contributed by atoms with Crippen LogP contribution in [0.5, 0.6) is 0 Å². The Kier molecular flexibility index (Phi) is 5.32. The number of benzene rings is 1. The van der Waals surface area contributed by atoms with Crippen molar-refractivity contribution in [3.8, 4) is 0 Å². The number of hydrogen-bond acceptors (Lipinski definition) is 4. The van der Waals surface area contributed by atoms with Gasteiger partial charge in [-0.25, -0.2) is 8.42 Å². The van der Waals surface area contributed by atoms with Crippen LogP contribution < -0.4 is 5.73 Å². The smallest absolute Gasteiger partial charge is 0.243 e. The zero-order valence-corrected chi connectivity index (χ0v) is 13.1. The minimum Gasteiger partial charge on any atom is -0.326 e. The van der Waals surface area contributed by atoms with Gasteiger partial charge in [-0.3, -0.25) is 4.79 Å². The highest BCUT2D eigenvalue weighted by Crippen LogP contribution is 2.24. The van der Waals surface area contributed by atoms with E-state index in [1.54, 1.807) is 12.1 Å². The van der Waals surface area contributed by atoms with Crippen LogP contribution in [0.25, 0.3) is 0 Å². The fourth-order valence-electron chi connectivity index (χ4n) is 2.17. The molecule has 0 bridgehead atoms. The molecule has 0 aromatic heterocycles. The number of Topliss-reactive ketones (excluding diaryl/α,β-unsaturated/α-hetero) is 1. The van der Waals surface area contributed by atoms with E-state index in [1.807, 2.05) is 6.92 Å². The van der Waals surface area contributed by atoms with Gasteiger partial charge in [0.25, 0.3) is 0 Å². The van der Waals surface area contributed by atoms with Gasteiger partial charge < -0.3 is 5.73 Å². The Balaban J connectivity index is 0.00000200. The van der Waals surface area contributed by atoms with Gasteiger partial charge in [0, 0.05) is 24.7 Å². The van der Waals surface area contributed by atoms with Crippen LogP contribution in [0.4, 0.5) is 0 Å². The van der Waals surface area contributed by atoms with Crippen LogP contribution in [0.2, 0.25) is 0 Å². The predicted molar refractivity (Wildman–Crippen MR) is 79.6 cm³/mol. The number of ketones is 1. The van der Waals surface area contributed by atoms with Crippen molar-refractivity contribution in [2.24, 2.45) is 11.7 Å². The number of nitrogens with zero attached hydrogens (tertiary/aromatic N) is 1. The highest BCUT2D eigenvalue weighted by Gasteiger charge is 2.35. The highest BCUT2D eigenvalue weighted by molar-refractivity contribution is 7.89. The molecule has 1 saturated heterocycles. The lowest BCUT2D eigenvalue weighted by Gasteiger charge is -2.16. The quantitative estimate of drug-likeness (QED) is 0.851. The molecular weight excluding hydrogens is 300 g/mol. The molecule has 0 aliphatic carbocycles. The maximum absolute atomic E-state index is 12.5. The first-order chi connectivity index (χ1) is 8.82. The second-order valence-electron chi connectivity index (χ2n) is 5.05. The first-order valence-electron chi connectivity index (χ1n) is 6.19. The molecule has 2 rings (SSSR count). The predicted octanol–water partition coefficient (Wildman–Crippen LogP) is 1.28. The Bertz CT molecular complexity index is 593. The van der Waals surface area contributed by atoms with E-state index in [0.29, 0.717) is 18.7 Å². The van der Waals surface area contributed by atoms with Crippen molar-refractivity contribution in [3.63, 3.8) is 0 Å². The topological polar surface area (TPSA) is 80.5 Å². The molecule has 20 heavy (non-hydrogen) atoms. The molecule has 7 heteroatoms. The number of carbonyl (C=O) groups excluding carboxylic acids is 1. The van der Waals surface area contributed by atoms with Crippen molar-refractivity contribution < 1.29 is 13.2 Å². The molecule has 112 valence electrons. The summed E-state index contributed by atoms with van der Waals surface area (Å²) in [4.78, 5) is 11.5. The molecule has 0 radical (unpaired) electrons. The summed E-state index contributed by atoms with van der Waals surface area (Å²) in [5, 5.41) is 0. The van der Waals surface area contributed by atoms with Crippen molar-refractivity contribution in [1.29, 1.82) is 0 Å². The summed E-state index contributed by atoms with van der Waals surface area (Å²) in [6, 6.07) is 6.00. The van der Waals surface area contributed by atoms with Crippen molar-refractivity contribution >= 4 is 28.2 Å². The molecule has 2 N–H and O–H groups in total. The lowest BCUT2D eigenvalue weighted by molar-refractivity contribution is 0.101. The molecule has 0 saturated carbocycles. The summed E-state index contributed by atoms with van der Waals surface area (Å²) in [5.41, 5.74) is 6.26. The van der Waals surface area contributed by atoms with Crippen LogP contribution >= 0.6 is 12.4 Å². The Morgan fingerprint density at radius 1 is 1.35 bits per heavy atom. The number of sulfonamides is 1. The number of halogens is 1. The summed E-state index contributed by atoms with van der Waals surface area (Å²) >= 11 is 0. The second kappa shape index (κ2) is 6.22. The SMILES string of the molecule is CC(=O)c1cccc(S(=O)(=O)N2CC(C)C(N)C2)c1.Cl. The van der Waals surface area contributed by atoms with Crippen molar-refractivity contribution in [2.45, 2.75) is 24.8 Å². The Morgan fingerprint density at radius 2 is 2.00 bits per heavy atom. The van der Waals surface area contributed by atoms with Crippen molar-refractivity contribution in [2.75, 3.05) is 13.1 Å². The van der Waals surface area contributed by atoms with E-state index in [9.17, 15) is 13.2 Å². The van der Waals surface area contributed by atoms with E-state index in [0.717, 1.165) is 0 Å². The van der Waals surface area contributed by atoms with Gasteiger partial charge in [0.15, 0.2) is 5.78 Å². The average Bonchev–Trinajstić information content (AvgIpc) is 2.70. The number of nitrogens with two attached hydrogens (primary N) is 1. The van der Waals surface area contributed by atoms with E-state index in [1.165, 1.54) is 23.4 Å². The van der Waals surface area contributed by atoms with Gasteiger partial charge in [-0.05, 0) is 25.0 Å². The van der Waals surface area contributed by atoms with Crippen LogP contribution in [0.15, 0.2) is 29.2 Å². The van der Waals surface area contributed by atoms with E-state index in [-0.39, 0.29) is 35.0 Å². The largest absolute Gasteiger partial charge is 0.326 e. The summed E-state index contributed by atoms with van der Waals surface area (Å²) in [6.45, 7) is 4.10. The van der Waals surface area contributed by atoms with E-state index in [2.05, 4.69) is 0 Å². The van der Waals surface area contributed by atoms with Crippen LogP contribution in [-0.2, 0) is 10.0 Å². The first kappa shape index (κ1) is 17.1. The molecule has 1 aromatic rings. The normalized spacial score (nSPS) is 23.4. The van der Waals surface area contributed by atoms with Gasteiger partial charge in [-0.2, -0.15) is 4.31 Å². The van der Waals surface area contributed by atoms with Crippen molar-refractivity contribution in [3.05, 3.63) is 29.8 Å². The van der Waals surface area contributed by atoms with Gasteiger partial charge >= 0.3 is 0 Å². The molecule has 1 fully saturated rings. The molecule has 0 spiro atoms. The molecule has 5 nitrogen and oxygen atoms in total. The van der Waals surface area contributed by atoms with Crippen molar-refractivity contribution in [1.82, 2.24) is 4.31 Å². The fraction of sp³-hybridized carbons (Fsp3) is 0.462. The van der Waals surface area contributed by atoms with Crippen LogP contribution in [0.3, 0.4) is 0 Å². The van der Waals surface area contributed by atoms with Gasteiger partial charge in [-0.1, -0.05) is 19.1 Å². The van der Waals surface area contributed by atoms with Gasteiger partial charge in [0.1, 0.15) is 0 Å². The highest BCUT2D eigenvalue weighted by atomic mass is 35.5. The number of hydrogen-bond donors (Lipinski definition) is 1. The van der Waals surface area contributed by atoms with Gasteiger partial charge in [-0.15, -0.1) is 12.4 Å². The lowest BCUT2D eigenvalue weighted by atomic mass is 10.1. The molecule has 2 atom stereocenters. The zero-order valence-electron chi connectivity index (χ0n) is 11.4. The Morgan fingerprint density at radius 3 is 2.50 bits per heavy atom. The molecule has 1 aliphatic heterocycles. The summed E-state index contributed by atoms with van der Waals surface area (Å²) in [7, 11) is -3.56. The van der Waals surface area contributed by atoms with Crippen LogP contribution in [0, 0.1) is 5.92 Å². The summed E-state index contributed by atoms with van der Waals surface area (Å²) in [6.07, 6.45) is 0. The Hall–Kier alpha value is -0.950. The van der Waals surface area contributed by atoms with Crippen LogP contribution in [0.1, 0.15) is 24.2 Å². The first-order valence-corrected chi connectivity index (χ1v) is 7.63. The second-order valence-corrected chi connectivity index (χ2v) is 6.99. The maximum Gasteiger partial charge on any atom is 0.243 e. The van der Waals surface area contributed by atoms with Gasteiger partial charge in [0.05, 0.1) is 4.90 Å². The monoisotopic (exact) mass is 318 g/mol. The third kappa shape index (κ3) is 3.20. The minimum atomic E-state index is -3.56.